The summed E-state index contributed by atoms with van der Waals surface area (Å²) in [6.07, 6.45) is 0.220. The first kappa shape index (κ1) is 13.2. The SMILES string of the molecule is [2H]/C(=C\[C@H]1OC[C@H](OC)[C@@H]1OC(C)C)P(C)(=O)O. The van der Waals surface area contributed by atoms with Crippen LogP contribution >= 0.6 is 7.37 Å². The van der Waals surface area contributed by atoms with Crippen molar-refractivity contribution in [1.82, 2.24) is 0 Å². The van der Waals surface area contributed by atoms with Crippen molar-refractivity contribution in [2.24, 2.45) is 0 Å². The van der Waals surface area contributed by atoms with E-state index in [0.29, 0.717) is 6.61 Å². The summed E-state index contributed by atoms with van der Waals surface area (Å²) >= 11 is 0. The molecular weight excluding hydrogens is 243 g/mol. The van der Waals surface area contributed by atoms with Crippen LogP contribution in [0, 0.1) is 0 Å². The molecule has 0 saturated carbocycles. The molecule has 0 amide bonds. The van der Waals surface area contributed by atoms with Gasteiger partial charge in [0.15, 0.2) is 0 Å². The van der Waals surface area contributed by atoms with E-state index in [1.807, 2.05) is 13.8 Å². The Morgan fingerprint density at radius 2 is 2.29 bits per heavy atom. The molecule has 0 aromatic carbocycles. The van der Waals surface area contributed by atoms with Crippen LogP contribution in [0.2, 0.25) is 0 Å². The lowest BCUT2D eigenvalue weighted by Gasteiger charge is -2.23. The van der Waals surface area contributed by atoms with Gasteiger partial charge >= 0.3 is 0 Å². The molecule has 0 aliphatic carbocycles. The van der Waals surface area contributed by atoms with Crippen molar-refractivity contribution in [3.63, 3.8) is 0 Å². The molecule has 100 valence electrons. The lowest BCUT2D eigenvalue weighted by Crippen LogP contribution is -2.35. The van der Waals surface area contributed by atoms with Crippen LogP contribution in [0.5, 0.6) is 0 Å². The van der Waals surface area contributed by atoms with E-state index in [0.717, 1.165) is 6.66 Å². The summed E-state index contributed by atoms with van der Waals surface area (Å²) in [6, 6.07) is 0. The lowest BCUT2D eigenvalue weighted by atomic mass is 10.1. The van der Waals surface area contributed by atoms with Crippen molar-refractivity contribution in [2.45, 2.75) is 38.3 Å². The van der Waals surface area contributed by atoms with Gasteiger partial charge in [0, 0.05) is 13.8 Å². The van der Waals surface area contributed by atoms with Crippen molar-refractivity contribution in [3.8, 4) is 0 Å². The van der Waals surface area contributed by atoms with Gasteiger partial charge in [-0.1, -0.05) is 0 Å². The van der Waals surface area contributed by atoms with Crippen molar-refractivity contribution in [3.05, 3.63) is 11.9 Å². The fourth-order valence-corrected chi connectivity index (χ4v) is 2.07. The molecule has 1 unspecified atom stereocenters. The van der Waals surface area contributed by atoms with Gasteiger partial charge in [0.25, 0.3) is 0 Å². The molecule has 17 heavy (non-hydrogen) atoms. The highest BCUT2D eigenvalue weighted by molar-refractivity contribution is 7.60. The average molecular weight is 265 g/mol. The first-order valence-electron chi connectivity index (χ1n) is 6.04. The minimum atomic E-state index is -3.55. The molecule has 1 aliphatic heterocycles. The quantitative estimate of drug-likeness (QED) is 0.765. The Kier molecular flexibility index (Phi) is 4.77. The second kappa shape index (κ2) is 6.12. The molecule has 4 atom stereocenters. The Labute approximate surface area is 104 Å². The first-order valence-corrected chi connectivity index (χ1v) is 7.65. The van der Waals surface area contributed by atoms with Crippen LogP contribution < -0.4 is 0 Å². The van der Waals surface area contributed by atoms with Gasteiger partial charge in [-0.05, 0) is 25.7 Å². The Bertz CT molecular complexity index is 351. The number of methoxy groups -OCH3 is 1. The Morgan fingerprint density at radius 3 is 2.76 bits per heavy atom. The molecule has 1 N–H and O–H groups in total. The third-order valence-corrected chi connectivity index (χ3v) is 2.98. The van der Waals surface area contributed by atoms with Gasteiger partial charge in [0.2, 0.25) is 7.37 Å². The van der Waals surface area contributed by atoms with Gasteiger partial charge < -0.3 is 19.1 Å². The van der Waals surface area contributed by atoms with E-state index in [1.165, 1.54) is 6.08 Å². The molecule has 1 aliphatic rings. The predicted octanol–water partition coefficient (Wildman–Crippen LogP) is 1.61. The molecular formula is C11H21O5P. The zero-order chi connectivity index (χ0) is 13.9. The van der Waals surface area contributed by atoms with Crippen LogP contribution in [-0.4, -0.2) is 49.7 Å². The highest BCUT2D eigenvalue weighted by atomic mass is 31.2. The molecule has 1 rings (SSSR count). The van der Waals surface area contributed by atoms with E-state index in [9.17, 15) is 9.46 Å². The van der Waals surface area contributed by atoms with E-state index < -0.39 is 13.5 Å². The van der Waals surface area contributed by atoms with E-state index in [-0.39, 0.29) is 24.1 Å². The van der Waals surface area contributed by atoms with Crippen molar-refractivity contribution >= 4 is 7.37 Å². The minimum absolute atomic E-state index is 0.0120. The standard InChI is InChI=1S/C11H21O5P/c1-8(2)16-11-9(5-6-17(4,12)13)15-7-10(11)14-3/h5-6,8-11H,7H2,1-4H3,(H,12,13)/b6-5+/t9-,10+,11-/m1/s1/i6D. The summed E-state index contributed by atoms with van der Waals surface area (Å²) in [4.78, 5) is 9.31. The molecule has 1 heterocycles. The Hall–Kier alpha value is -0.190. The monoisotopic (exact) mass is 265 g/mol. The molecule has 1 fully saturated rings. The van der Waals surface area contributed by atoms with Gasteiger partial charge in [0.05, 0.1) is 14.1 Å². The average Bonchev–Trinajstić information content (AvgIpc) is 2.59. The van der Waals surface area contributed by atoms with Crippen LogP contribution in [0.4, 0.5) is 0 Å². The smallest absolute Gasteiger partial charge is 0.219 e. The maximum absolute atomic E-state index is 11.4. The highest BCUT2D eigenvalue weighted by Gasteiger charge is 2.37. The predicted molar refractivity (Wildman–Crippen MR) is 65.4 cm³/mol. The summed E-state index contributed by atoms with van der Waals surface area (Å²) in [5.74, 6) is -0.318. The highest BCUT2D eigenvalue weighted by Crippen LogP contribution is 2.37. The Balaban J connectivity index is 2.84. The van der Waals surface area contributed by atoms with E-state index in [2.05, 4.69) is 0 Å². The summed E-state index contributed by atoms with van der Waals surface area (Å²) in [5.41, 5.74) is 0. The topological polar surface area (TPSA) is 65.0 Å². The molecule has 0 aromatic heterocycles. The van der Waals surface area contributed by atoms with Crippen LogP contribution in [0.1, 0.15) is 15.2 Å². The second-order valence-electron chi connectivity index (χ2n) is 4.40. The molecule has 1 saturated heterocycles. The number of hydrogen-bond acceptors (Lipinski definition) is 4. The third kappa shape index (κ3) is 4.90. The zero-order valence-electron chi connectivity index (χ0n) is 11.6. The lowest BCUT2D eigenvalue weighted by molar-refractivity contribution is -0.0659. The molecule has 0 bridgehead atoms. The van der Waals surface area contributed by atoms with Crippen LogP contribution in [0.3, 0.4) is 0 Å². The van der Waals surface area contributed by atoms with Gasteiger partial charge in [-0.25, -0.2) is 0 Å². The Morgan fingerprint density at radius 1 is 1.65 bits per heavy atom. The first-order chi connectivity index (χ1) is 8.25. The van der Waals surface area contributed by atoms with E-state index in [1.54, 1.807) is 7.11 Å². The van der Waals surface area contributed by atoms with E-state index in [4.69, 9.17) is 15.6 Å². The van der Waals surface area contributed by atoms with Crippen molar-refractivity contribution < 1.29 is 25.0 Å². The van der Waals surface area contributed by atoms with Crippen LogP contribution in [-0.2, 0) is 18.8 Å². The van der Waals surface area contributed by atoms with Gasteiger partial charge in [0.1, 0.15) is 18.3 Å². The fraction of sp³-hybridized carbons (Fsp3) is 0.818. The molecule has 0 aromatic rings. The fourth-order valence-electron chi connectivity index (χ4n) is 1.64. The largest absolute Gasteiger partial charge is 0.376 e. The molecule has 5 nitrogen and oxygen atoms in total. The van der Waals surface area contributed by atoms with Gasteiger partial charge in [-0.15, -0.1) is 0 Å². The molecule has 6 heteroatoms. The maximum Gasteiger partial charge on any atom is 0.219 e. The summed E-state index contributed by atoms with van der Waals surface area (Å²) in [6.45, 7) is 5.27. The van der Waals surface area contributed by atoms with Gasteiger partial charge in [-0.3, -0.25) is 4.57 Å². The van der Waals surface area contributed by atoms with E-state index >= 15 is 0 Å². The number of hydrogen-bond donors (Lipinski definition) is 1. The minimum Gasteiger partial charge on any atom is -0.376 e. The number of ether oxygens (including phenoxy) is 3. The summed E-state index contributed by atoms with van der Waals surface area (Å²) in [5, 5.41) is 0. The van der Waals surface area contributed by atoms with Crippen LogP contribution in [0.25, 0.3) is 0 Å². The third-order valence-electron chi connectivity index (χ3n) is 2.35. The van der Waals surface area contributed by atoms with Crippen molar-refractivity contribution in [2.75, 3.05) is 20.4 Å². The van der Waals surface area contributed by atoms with Crippen LogP contribution in [0.15, 0.2) is 11.9 Å². The summed E-state index contributed by atoms with van der Waals surface area (Å²) in [7, 11) is -1.98. The molecule has 0 spiro atoms. The van der Waals surface area contributed by atoms with Gasteiger partial charge in [-0.2, -0.15) is 0 Å². The molecule has 0 radical (unpaired) electrons. The zero-order valence-corrected chi connectivity index (χ0v) is 11.5. The van der Waals surface area contributed by atoms with Crippen molar-refractivity contribution in [1.29, 1.82) is 0 Å². The second-order valence-corrected chi connectivity index (χ2v) is 6.41. The normalized spacial score (nSPS) is 34.8. The summed E-state index contributed by atoms with van der Waals surface area (Å²) < 4.78 is 35.3. The number of rotatable bonds is 5. The maximum atomic E-state index is 11.4.